The molecule has 0 aromatic heterocycles. The lowest BCUT2D eigenvalue weighted by Gasteiger charge is -2.22. The molecule has 1 rings (SSSR count). The second-order valence-corrected chi connectivity index (χ2v) is 5.76. The molecule has 0 radical (unpaired) electrons. The molecule has 3 N–H and O–H groups in total. The van der Waals surface area contributed by atoms with Crippen LogP contribution >= 0.6 is 12.4 Å². The molecule has 1 saturated carbocycles. The van der Waals surface area contributed by atoms with E-state index in [9.17, 15) is 4.79 Å². The molecular formula is C14H29ClN2O. The molecular weight excluding hydrogens is 248 g/mol. The maximum atomic E-state index is 12.1. The van der Waals surface area contributed by atoms with Crippen molar-refractivity contribution in [3.63, 3.8) is 0 Å². The molecule has 108 valence electrons. The number of nitrogens with two attached hydrogens (primary N) is 1. The number of carbonyl (C=O) groups is 1. The van der Waals surface area contributed by atoms with Crippen molar-refractivity contribution in [2.24, 2.45) is 17.6 Å². The van der Waals surface area contributed by atoms with Crippen LogP contribution < -0.4 is 11.1 Å². The Labute approximate surface area is 118 Å². The minimum Gasteiger partial charge on any atom is -0.352 e. The van der Waals surface area contributed by atoms with E-state index in [-0.39, 0.29) is 30.3 Å². The molecule has 0 spiro atoms. The van der Waals surface area contributed by atoms with Crippen molar-refractivity contribution in [1.29, 1.82) is 0 Å². The van der Waals surface area contributed by atoms with Gasteiger partial charge in [0.25, 0.3) is 0 Å². The van der Waals surface area contributed by atoms with E-state index in [0.29, 0.717) is 12.5 Å². The Morgan fingerprint density at radius 2 is 1.78 bits per heavy atom. The number of hydrogen-bond acceptors (Lipinski definition) is 2. The standard InChI is InChI=1S/C14H28N2O.ClH/c1-11(2)9-13(10-15)16-14(17)12-7-5-3-4-6-8-12;/h11-13H,3-10,15H2,1-2H3,(H,16,17);1H. The van der Waals surface area contributed by atoms with E-state index in [2.05, 4.69) is 19.2 Å². The summed E-state index contributed by atoms with van der Waals surface area (Å²) in [5.41, 5.74) is 5.72. The summed E-state index contributed by atoms with van der Waals surface area (Å²) in [5.74, 6) is 1.06. The van der Waals surface area contributed by atoms with Gasteiger partial charge < -0.3 is 11.1 Å². The van der Waals surface area contributed by atoms with E-state index in [4.69, 9.17) is 5.73 Å². The lowest BCUT2D eigenvalue weighted by molar-refractivity contribution is -0.126. The zero-order chi connectivity index (χ0) is 12.7. The van der Waals surface area contributed by atoms with Crippen LogP contribution in [0.5, 0.6) is 0 Å². The predicted octanol–water partition coefficient (Wildman–Crippen LogP) is 2.87. The highest BCUT2D eigenvalue weighted by Gasteiger charge is 2.22. The fourth-order valence-electron chi connectivity index (χ4n) is 2.64. The number of nitrogens with one attached hydrogen (secondary N) is 1. The van der Waals surface area contributed by atoms with Crippen molar-refractivity contribution in [2.45, 2.75) is 64.8 Å². The highest BCUT2D eigenvalue weighted by molar-refractivity contribution is 5.85. The minimum atomic E-state index is 0. The second kappa shape index (κ2) is 9.62. The van der Waals surface area contributed by atoms with Crippen LogP contribution in [0.2, 0.25) is 0 Å². The van der Waals surface area contributed by atoms with Crippen molar-refractivity contribution < 1.29 is 4.79 Å². The third kappa shape index (κ3) is 6.60. The number of carbonyl (C=O) groups excluding carboxylic acids is 1. The maximum absolute atomic E-state index is 12.1. The second-order valence-electron chi connectivity index (χ2n) is 5.76. The van der Waals surface area contributed by atoms with Crippen molar-refractivity contribution in [2.75, 3.05) is 6.54 Å². The Hall–Kier alpha value is -0.280. The first-order valence-corrected chi connectivity index (χ1v) is 7.14. The Bertz CT molecular complexity index is 226. The Balaban J connectivity index is 0.00000289. The third-order valence-corrected chi connectivity index (χ3v) is 3.61. The molecule has 0 saturated heterocycles. The van der Waals surface area contributed by atoms with Crippen molar-refractivity contribution >= 4 is 18.3 Å². The molecule has 1 fully saturated rings. The summed E-state index contributed by atoms with van der Waals surface area (Å²) < 4.78 is 0. The first-order valence-electron chi connectivity index (χ1n) is 7.14. The van der Waals surface area contributed by atoms with Crippen LogP contribution in [0.1, 0.15) is 58.8 Å². The molecule has 1 atom stereocenters. The maximum Gasteiger partial charge on any atom is 0.223 e. The Kier molecular flexibility index (Phi) is 9.47. The summed E-state index contributed by atoms with van der Waals surface area (Å²) in [6.45, 7) is 4.89. The highest BCUT2D eigenvalue weighted by Crippen LogP contribution is 2.23. The molecule has 1 aliphatic rings. The highest BCUT2D eigenvalue weighted by atomic mass is 35.5. The van der Waals surface area contributed by atoms with E-state index >= 15 is 0 Å². The number of hydrogen-bond donors (Lipinski definition) is 2. The van der Waals surface area contributed by atoms with Crippen LogP contribution in [0, 0.1) is 11.8 Å². The molecule has 4 heteroatoms. The van der Waals surface area contributed by atoms with E-state index in [1.165, 1.54) is 25.7 Å². The number of amides is 1. The van der Waals surface area contributed by atoms with Gasteiger partial charge in [0.05, 0.1) is 0 Å². The number of rotatable bonds is 5. The summed E-state index contributed by atoms with van der Waals surface area (Å²) in [6.07, 6.45) is 8.09. The average molecular weight is 277 g/mol. The van der Waals surface area contributed by atoms with Crippen LogP contribution in [0.4, 0.5) is 0 Å². The van der Waals surface area contributed by atoms with E-state index in [0.717, 1.165) is 19.3 Å². The van der Waals surface area contributed by atoms with E-state index in [1.807, 2.05) is 0 Å². The molecule has 1 unspecified atom stereocenters. The third-order valence-electron chi connectivity index (χ3n) is 3.61. The van der Waals surface area contributed by atoms with Gasteiger partial charge in [-0.25, -0.2) is 0 Å². The lowest BCUT2D eigenvalue weighted by Crippen LogP contribution is -2.43. The summed E-state index contributed by atoms with van der Waals surface area (Å²) in [5, 5.41) is 3.13. The first kappa shape index (κ1) is 17.7. The van der Waals surface area contributed by atoms with Crippen molar-refractivity contribution in [3.05, 3.63) is 0 Å². The van der Waals surface area contributed by atoms with Crippen molar-refractivity contribution in [1.82, 2.24) is 5.32 Å². The van der Waals surface area contributed by atoms with Gasteiger partial charge in [0, 0.05) is 18.5 Å². The van der Waals surface area contributed by atoms with Gasteiger partial charge >= 0.3 is 0 Å². The van der Waals surface area contributed by atoms with Crippen LogP contribution in [0.3, 0.4) is 0 Å². The lowest BCUT2D eigenvalue weighted by atomic mass is 9.97. The fourth-order valence-corrected chi connectivity index (χ4v) is 2.64. The molecule has 0 bridgehead atoms. The van der Waals surface area contributed by atoms with Gasteiger partial charge in [-0.05, 0) is 25.2 Å². The van der Waals surface area contributed by atoms with Gasteiger partial charge in [-0.15, -0.1) is 12.4 Å². The van der Waals surface area contributed by atoms with Crippen LogP contribution in [-0.2, 0) is 4.79 Å². The normalized spacial score (nSPS) is 18.9. The molecule has 0 aromatic carbocycles. The SMILES string of the molecule is CC(C)CC(CN)NC(=O)C1CCCCCC1.Cl. The summed E-state index contributed by atoms with van der Waals surface area (Å²) in [4.78, 5) is 12.1. The fraction of sp³-hybridized carbons (Fsp3) is 0.929. The van der Waals surface area contributed by atoms with Gasteiger partial charge in [0.1, 0.15) is 0 Å². The average Bonchev–Trinajstić information content (AvgIpc) is 2.55. The molecule has 1 amide bonds. The molecule has 0 aliphatic heterocycles. The van der Waals surface area contributed by atoms with Gasteiger partial charge in [-0.1, -0.05) is 39.5 Å². The van der Waals surface area contributed by atoms with Gasteiger partial charge in [0.2, 0.25) is 5.91 Å². The molecule has 1 aliphatic carbocycles. The van der Waals surface area contributed by atoms with E-state index in [1.54, 1.807) is 0 Å². The van der Waals surface area contributed by atoms with Crippen LogP contribution in [0.15, 0.2) is 0 Å². The largest absolute Gasteiger partial charge is 0.352 e. The summed E-state index contributed by atoms with van der Waals surface area (Å²) >= 11 is 0. The molecule has 3 nitrogen and oxygen atoms in total. The Morgan fingerprint density at radius 3 is 2.22 bits per heavy atom. The Morgan fingerprint density at radius 1 is 1.22 bits per heavy atom. The molecule has 0 aromatic rings. The summed E-state index contributed by atoms with van der Waals surface area (Å²) in [7, 11) is 0. The van der Waals surface area contributed by atoms with Crippen LogP contribution in [0.25, 0.3) is 0 Å². The number of halogens is 1. The summed E-state index contributed by atoms with van der Waals surface area (Å²) in [6, 6.07) is 0.158. The quantitative estimate of drug-likeness (QED) is 0.759. The van der Waals surface area contributed by atoms with Gasteiger partial charge in [0.15, 0.2) is 0 Å². The predicted molar refractivity (Wildman–Crippen MR) is 78.9 cm³/mol. The topological polar surface area (TPSA) is 55.1 Å². The van der Waals surface area contributed by atoms with Crippen LogP contribution in [-0.4, -0.2) is 18.5 Å². The zero-order valence-electron chi connectivity index (χ0n) is 11.8. The minimum absolute atomic E-state index is 0. The zero-order valence-corrected chi connectivity index (χ0v) is 12.6. The van der Waals surface area contributed by atoms with Crippen molar-refractivity contribution in [3.8, 4) is 0 Å². The molecule has 18 heavy (non-hydrogen) atoms. The molecule has 0 heterocycles. The monoisotopic (exact) mass is 276 g/mol. The first-order chi connectivity index (χ1) is 8.13. The smallest absolute Gasteiger partial charge is 0.223 e. The van der Waals surface area contributed by atoms with Gasteiger partial charge in [-0.2, -0.15) is 0 Å². The van der Waals surface area contributed by atoms with E-state index < -0.39 is 0 Å². The van der Waals surface area contributed by atoms with Gasteiger partial charge in [-0.3, -0.25) is 4.79 Å².